The molecule has 1 aromatic carbocycles. The van der Waals surface area contributed by atoms with Gasteiger partial charge in [-0.1, -0.05) is 12.1 Å². The van der Waals surface area contributed by atoms with Crippen molar-refractivity contribution in [2.45, 2.75) is 38.9 Å². The number of rotatable bonds is 4. The van der Waals surface area contributed by atoms with Gasteiger partial charge in [-0.25, -0.2) is 0 Å². The lowest BCUT2D eigenvalue weighted by Gasteiger charge is -2.38. The molecule has 0 aliphatic carbocycles. The molecule has 0 amide bonds. The molecule has 0 saturated carbocycles. The van der Waals surface area contributed by atoms with E-state index in [1.807, 2.05) is 12.1 Å². The summed E-state index contributed by atoms with van der Waals surface area (Å²) in [5, 5.41) is 27.9. The Labute approximate surface area is 112 Å². The molecule has 6 heteroatoms. The molecule has 0 fully saturated rings. The fourth-order valence-corrected chi connectivity index (χ4v) is 1.61. The Balaban J connectivity index is 2.22. The van der Waals surface area contributed by atoms with E-state index in [-0.39, 0.29) is 0 Å². The third-order valence-electron chi connectivity index (χ3n) is 3.63. The second-order valence-corrected chi connectivity index (χ2v) is 5.76. The van der Waals surface area contributed by atoms with Gasteiger partial charge in [0.25, 0.3) is 0 Å². The molecule has 0 atom stereocenters. The molecule has 102 valence electrons. The van der Waals surface area contributed by atoms with Crippen LogP contribution in [0.15, 0.2) is 24.4 Å². The number of nitrogens with zero attached hydrogens (tertiary/aromatic N) is 1. The van der Waals surface area contributed by atoms with Crippen LogP contribution in [0, 0.1) is 0 Å². The van der Waals surface area contributed by atoms with E-state index < -0.39 is 18.3 Å². The SMILES string of the molecule is CC(C)(O)C(C)(C)OB(O)c1ccc2[nH]ncc2c1. The standard InChI is InChI=1S/C13H19BN2O3/c1-12(2,17)13(3,4)19-14(18)10-5-6-11-9(7-10)8-15-16-11/h5-8,17-18H,1-4H3,(H,15,16). The van der Waals surface area contributed by atoms with Gasteiger partial charge in [0.2, 0.25) is 0 Å². The number of fused-ring (bicyclic) bond motifs is 1. The number of nitrogens with one attached hydrogen (secondary N) is 1. The van der Waals surface area contributed by atoms with E-state index >= 15 is 0 Å². The first-order valence-electron chi connectivity index (χ1n) is 6.22. The van der Waals surface area contributed by atoms with Crippen molar-refractivity contribution in [3.8, 4) is 0 Å². The highest BCUT2D eigenvalue weighted by Gasteiger charge is 2.39. The smallest absolute Gasteiger partial charge is 0.423 e. The summed E-state index contributed by atoms with van der Waals surface area (Å²) in [6, 6.07) is 5.41. The van der Waals surface area contributed by atoms with Gasteiger partial charge in [0, 0.05) is 5.39 Å². The molecule has 3 N–H and O–H groups in total. The monoisotopic (exact) mass is 262 g/mol. The summed E-state index contributed by atoms with van der Waals surface area (Å²) in [4.78, 5) is 0. The van der Waals surface area contributed by atoms with Crippen molar-refractivity contribution < 1.29 is 14.8 Å². The summed E-state index contributed by atoms with van der Waals surface area (Å²) < 4.78 is 5.59. The van der Waals surface area contributed by atoms with Crippen LogP contribution in [-0.4, -0.2) is 38.6 Å². The predicted octanol–water partition coefficient (Wildman–Crippen LogP) is 0.816. The molecular weight excluding hydrogens is 243 g/mol. The minimum atomic E-state index is -1.10. The number of hydrogen-bond donors (Lipinski definition) is 3. The van der Waals surface area contributed by atoms with Crippen molar-refractivity contribution in [3.63, 3.8) is 0 Å². The van der Waals surface area contributed by atoms with E-state index in [0.29, 0.717) is 5.46 Å². The van der Waals surface area contributed by atoms with Gasteiger partial charge >= 0.3 is 7.12 Å². The van der Waals surface area contributed by atoms with E-state index in [2.05, 4.69) is 10.2 Å². The maximum Gasteiger partial charge on any atom is 0.491 e. The molecule has 19 heavy (non-hydrogen) atoms. The molecule has 2 aromatic rings. The van der Waals surface area contributed by atoms with Crippen LogP contribution in [0.5, 0.6) is 0 Å². The maximum atomic E-state index is 10.2. The van der Waals surface area contributed by atoms with Crippen LogP contribution in [0.25, 0.3) is 10.9 Å². The van der Waals surface area contributed by atoms with Crippen LogP contribution in [0.3, 0.4) is 0 Å². The quantitative estimate of drug-likeness (QED) is 0.713. The summed E-state index contributed by atoms with van der Waals surface area (Å²) >= 11 is 0. The molecule has 0 aliphatic heterocycles. The fraction of sp³-hybridized carbons (Fsp3) is 0.462. The average Bonchev–Trinajstić information content (AvgIpc) is 2.73. The van der Waals surface area contributed by atoms with Crippen LogP contribution in [0.4, 0.5) is 0 Å². The van der Waals surface area contributed by atoms with Crippen molar-refractivity contribution in [2.24, 2.45) is 0 Å². The number of aromatic nitrogens is 2. The minimum absolute atomic E-state index is 0.631. The Bertz CT molecular complexity index is 575. The van der Waals surface area contributed by atoms with Crippen LogP contribution in [0.2, 0.25) is 0 Å². The van der Waals surface area contributed by atoms with Crippen LogP contribution >= 0.6 is 0 Å². The van der Waals surface area contributed by atoms with Gasteiger partial charge in [-0.3, -0.25) is 5.10 Å². The topological polar surface area (TPSA) is 78.4 Å². The summed E-state index contributed by atoms with van der Waals surface area (Å²) in [7, 11) is -1.10. The average molecular weight is 262 g/mol. The Morgan fingerprint density at radius 1 is 1.26 bits per heavy atom. The summed E-state index contributed by atoms with van der Waals surface area (Å²) in [6.45, 7) is 6.79. The van der Waals surface area contributed by atoms with E-state index in [0.717, 1.165) is 10.9 Å². The Kier molecular flexibility index (Phi) is 3.42. The van der Waals surface area contributed by atoms with Gasteiger partial charge in [-0.2, -0.15) is 5.10 Å². The molecule has 0 bridgehead atoms. The third-order valence-corrected chi connectivity index (χ3v) is 3.63. The molecule has 0 radical (unpaired) electrons. The van der Waals surface area contributed by atoms with Gasteiger partial charge in [0.1, 0.15) is 0 Å². The highest BCUT2D eigenvalue weighted by atomic mass is 16.5. The highest BCUT2D eigenvalue weighted by molar-refractivity contribution is 6.60. The molecule has 2 rings (SSSR count). The largest absolute Gasteiger partial charge is 0.491 e. The van der Waals surface area contributed by atoms with Gasteiger partial charge in [-0.15, -0.1) is 0 Å². The Morgan fingerprint density at radius 2 is 1.95 bits per heavy atom. The lowest BCUT2D eigenvalue weighted by atomic mass is 9.76. The molecule has 5 nitrogen and oxygen atoms in total. The third kappa shape index (κ3) is 2.81. The normalized spacial score (nSPS) is 12.9. The first kappa shape index (κ1) is 14.1. The zero-order chi connectivity index (χ0) is 14.3. The van der Waals surface area contributed by atoms with Crippen LogP contribution in [0.1, 0.15) is 27.7 Å². The van der Waals surface area contributed by atoms with E-state index in [4.69, 9.17) is 4.65 Å². The second kappa shape index (κ2) is 4.63. The maximum absolute atomic E-state index is 10.2. The zero-order valence-electron chi connectivity index (χ0n) is 11.6. The van der Waals surface area contributed by atoms with Crippen molar-refractivity contribution in [1.82, 2.24) is 10.2 Å². The molecule has 1 aromatic heterocycles. The number of aromatic amines is 1. The summed E-state index contributed by atoms with van der Waals surface area (Å²) in [6.07, 6.45) is 1.69. The van der Waals surface area contributed by atoms with Gasteiger partial charge in [0.15, 0.2) is 0 Å². The number of H-pyrrole nitrogens is 1. The number of aliphatic hydroxyl groups is 1. The lowest BCUT2D eigenvalue weighted by molar-refractivity contribution is -0.0982. The van der Waals surface area contributed by atoms with E-state index in [1.54, 1.807) is 40.0 Å². The molecule has 0 unspecified atom stereocenters. The van der Waals surface area contributed by atoms with Crippen LogP contribution in [-0.2, 0) is 4.65 Å². The van der Waals surface area contributed by atoms with Gasteiger partial charge in [0.05, 0.1) is 22.9 Å². The molecular formula is C13H19BN2O3. The van der Waals surface area contributed by atoms with Gasteiger partial charge < -0.3 is 14.8 Å². The molecule has 1 heterocycles. The first-order chi connectivity index (χ1) is 8.71. The van der Waals surface area contributed by atoms with E-state index in [1.165, 1.54) is 0 Å². The predicted molar refractivity (Wildman–Crippen MR) is 75.2 cm³/mol. The number of hydrogen-bond acceptors (Lipinski definition) is 4. The van der Waals surface area contributed by atoms with Crippen molar-refractivity contribution >= 4 is 23.5 Å². The summed E-state index contributed by atoms with van der Waals surface area (Å²) in [5.74, 6) is 0. The molecule has 0 spiro atoms. The van der Waals surface area contributed by atoms with Crippen molar-refractivity contribution in [2.75, 3.05) is 0 Å². The van der Waals surface area contributed by atoms with E-state index in [9.17, 15) is 10.1 Å². The number of benzene rings is 1. The van der Waals surface area contributed by atoms with Gasteiger partial charge in [-0.05, 0) is 39.2 Å². The minimum Gasteiger partial charge on any atom is -0.423 e. The second-order valence-electron chi connectivity index (χ2n) is 5.76. The highest BCUT2D eigenvalue weighted by Crippen LogP contribution is 2.25. The Morgan fingerprint density at radius 3 is 2.58 bits per heavy atom. The molecule has 0 aliphatic rings. The van der Waals surface area contributed by atoms with Crippen molar-refractivity contribution in [3.05, 3.63) is 24.4 Å². The van der Waals surface area contributed by atoms with Crippen molar-refractivity contribution in [1.29, 1.82) is 0 Å². The summed E-state index contributed by atoms with van der Waals surface area (Å²) in [5.41, 5.74) is -0.408. The lowest BCUT2D eigenvalue weighted by Crippen LogP contribution is -2.53. The fourth-order valence-electron chi connectivity index (χ4n) is 1.61. The first-order valence-corrected chi connectivity index (χ1v) is 6.22. The molecule has 0 saturated heterocycles. The Hall–Kier alpha value is -1.37. The van der Waals surface area contributed by atoms with Crippen LogP contribution < -0.4 is 5.46 Å². The zero-order valence-corrected chi connectivity index (χ0v) is 11.6.